The van der Waals surface area contributed by atoms with Gasteiger partial charge in [0.2, 0.25) is 5.88 Å². The van der Waals surface area contributed by atoms with E-state index in [1.165, 1.54) is 24.9 Å². The fourth-order valence-corrected chi connectivity index (χ4v) is 2.98. The Labute approximate surface area is 139 Å². The summed E-state index contributed by atoms with van der Waals surface area (Å²) in [5, 5.41) is 13.3. The van der Waals surface area contributed by atoms with Crippen molar-refractivity contribution in [2.45, 2.75) is 11.5 Å². The molecule has 0 N–H and O–H groups in total. The molecular weight excluding hydrogens is 355 g/mol. The summed E-state index contributed by atoms with van der Waals surface area (Å²) in [7, 11) is 1.43. The molecule has 22 heavy (non-hydrogen) atoms. The normalized spacial score (nSPS) is 10.8. The molecule has 1 aromatic carbocycles. The second-order valence-corrected chi connectivity index (χ2v) is 5.75. The zero-order chi connectivity index (χ0) is 16.4. The van der Waals surface area contributed by atoms with Crippen LogP contribution in [0.1, 0.15) is 5.56 Å². The van der Waals surface area contributed by atoms with Crippen LogP contribution in [0.15, 0.2) is 17.0 Å². The summed E-state index contributed by atoms with van der Waals surface area (Å²) in [4.78, 5) is 0.681. The van der Waals surface area contributed by atoms with Crippen LogP contribution < -0.4 is 4.74 Å². The molecule has 0 amide bonds. The minimum Gasteiger partial charge on any atom is -0.416 e. The second-order valence-electron chi connectivity index (χ2n) is 4.11. The van der Waals surface area contributed by atoms with E-state index in [0.717, 1.165) is 4.68 Å². The van der Waals surface area contributed by atoms with Crippen molar-refractivity contribution in [3.8, 4) is 23.2 Å². The summed E-state index contributed by atoms with van der Waals surface area (Å²) >= 11 is 13.6. The van der Waals surface area contributed by atoms with Gasteiger partial charge in [0.1, 0.15) is 16.8 Å². The number of aromatic nitrogens is 2. The molecule has 0 aliphatic rings. The number of hydrogen-bond acceptors (Lipinski definition) is 4. The molecule has 0 unspecified atom stereocenters. The van der Waals surface area contributed by atoms with Gasteiger partial charge in [-0.25, -0.2) is 4.68 Å². The number of alkyl halides is 2. The molecule has 0 aliphatic heterocycles. The van der Waals surface area contributed by atoms with Crippen molar-refractivity contribution in [3.63, 3.8) is 0 Å². The SMILES string of the molecule is CSc1cc(-c2nn(C)c(OC(F)F)c2Cl)c(Cl)cc1C#N. The van der Waals surface area contributed by atoms with Gasteiger partial charge in [0.15, 0.2) is 0 Å². The van der Waals surface area contributed by atoms with Crippen LogP contribution in [0.5, 0.6) is 5.88 Å². The summed E-state index contributed by atoms with van der Waals surface area (Å²) in [6.45, 7) is -3.01. The molecule has 9 heteroatoms. The summed E-state index contributed by atoms with van der Waals surface area (Å²) in [6, 6.07) is 5.17. The number of rotatable bonds is 4. The second kappa shape index (κ2) is 6.73. The van der Waals surface area contributed by atoms with Gasteiger partial charge in [-0.1, -0.05) is 23.2 Å². The predicted octanol–water partition coefficient (Wildman–Crippen LogP) is 4.59. The number of aryl methyl sites for hydroxylation is 1. The molecule has 2 rings (SSSR count). The zero-order valence-corrected chi connectivity index (χ0v) is 13.7. The molecule has 0 radical (unpaired) electrons. The van der Waals surface area contributed by atoms with Crippen LogP contribution in [-0.4, -0.2) is 22.6 Å². The number of nitrogens with zero attached hydrogens (tertiary/aromatic N) is 3. The maximum atomic E-state index is 12.4. The minimum atomic E-state index is -3.01. The van der Waals surface area contributed by atoms with Gasteiger partial charge in [-0.3, -0.25) is 0 Å². The van der Waals surface area contributed by atoms with Gasteiger partial charge >= 0.3 is 6.61 Å². The van der Waals surface area contributed by atoms with E-state index < -0.39 is 6.61 Å². The first-order chi connectivity index (χ1) is 10.4. The highest BCUT2D eigenvalue weighted by Crippen LogP contribution is 2.40. The number of benzene rings is 1. The Balaban J connectivity index is 2.60. The van der Waals surface area contributed by atoms with E-state index in [-0.39, 0.29) is 21.6 Å². The fourth-order valence-electron chi connectivity index (χ4n) is 1.86. The van der Waals surface area contributed by atoms with E-state index in [0.29, 0.717) is 16.0 Å². The maximum Gasteiger partial charge on any atom is 0.388 e. The lowest BCUT2D eigenvalue weighted by molar-refractivity contribution is -0.0552. The van der Waals surface area contributed by atoms with E-state index >= 15 is 0 Å². The monoisotopic (exact) mass is 363 g/mol. The lowest BCUT2D eigenvalue weighted by Crippen LogP contribution is -2.06. The standard InChI is InChI=1S/C13H9Cl2F2N3OS/c1-20-12(21-13(16)17)10(15)11(19-20)7-4-9(22-2)6(5-18)3-8(7)14/h3-4,13H,1-2H3. The number of ether oxygens (including phenoxy) is 1. The molecule has 1 aromatic heterocycles. The van der Waals surface area contributed by atoms with Crippen molar-refractivity contribution < 1.29 is 13.5 Å². The molecule has 0 bridgehead atoms. The van der Waals surface area contributed by atoms with Crippen molar-refractivity contribution in [1.82, 2.24) is 9.78 Å². The summed E-state index contributed by atoms with van der Waals surface area (Å²) in [5.74, 6) is -0.252. The van der Waals surface area contributed by atoms with Gasteiger partial charge in [0, 0.05) is 17.5 Å². The quantitative estimate of drug-likeness (QED) is 0.745. The molecular formula is C13H9Cl2F2N3OS. The van der Waals surface area contributed by atoms with Crippen LogP contribution in [0, 0.1) is 11.3 Å². The molecule has 0 saturated carbocycles. The van der Waals surface area contributed by atoms with Gasteiger partial charge < -0.3 is 4.74 Å². The van der Waals surface area contributed by atoms with Crippen LogP contribution in [0.2, 0.25) is 10.0 Å². The third-order valence-corrected chi connectivity index (χ3v) is 4.24. The Morgan fingerprint density at radius 2 is 2.09 bits per heavy atom. The topological polar surface area (TPSA) is 50.8 Å². The Bertz CT molecular complexity index is 759. The lowest BCUT2D eigenvalue weighted by atomic mass is 10.1. The van der Waals surface area contributed by atoms with Crippen molar-refractivity contribution in [3.05, 3.63) is 27.7 Å². The van der Waals surface area contributed by atoms with Gasteiger partial charge in [-0.05, 0) is 18.4 Å². The van der Waals surface area contributed by atoms with Gasteiger partial charge in [0.05, 0.1) is 10.6 Å². The molecule has 4 nitrogen and oxygen atoms in total. The molecule has 0 saturated heterocycles. The first kappa shape index (κ1) is 16.9. The van der Waals surface area contributed by atoms with E-state index in [4.69, 9.17) is 28.5 Å². The Kier molecular flexibility index (Phi) is 5.16. The largest absolute Gasteiger partial charge is 0.416 e. The predicted molar refractivity (Wildman–Crippen MR) is 81.8 cm³/mol. The van der Waals surface area contributed by atoms with Crippen LogP contribution in [0.25, 0.3) is 11.3 Å². The highest BCUT2D eigenvalue weighted by atomic mass is 35.5. The smallest absolute Gasteiger partial charge is 0.388 e. The first-order valence-electron chi connectivity index (χ1n) is 5.84. The van der Waals surface area contributed by atoms with E-state index in [2.05, 4.69) is 9.84 Å². The summed E-state index contributed by atoms with van der Waals surface area (Å²) in [5.41, 5.74) is 1.07. The highest BCUT2D eigenvalue weighted by Gasteiger charge is 2.22. The third kappa shape index (κ3) is 3.14. The Morgan fingerprint density at radius 3 is 2.64 bits per heavy atom. The van der Waals surface area contributed by atoms with Crippen LogP contribution in [-0.2, 0) is 7.05 Å². The molecule has 116 valence electrons. The average Bonchev–Trinajstić information content (AvgIpc) is 2.74. The van der Waals surface area contributed by atoms with Crippen LogP contribution in [0.4, 0.5) is 8.78 Å². The molecule has 0 atom stereocenters. The molecule has 0 fully saturated rings. The van der Waals surface area contributed by atoms with Gasteiger partial charge in [-0.2, -0.15) is 19.1 Å². The van der Waals surface area contributed by atoms with E-state index in [1.807, 2.05) is 6.07 Å². The number of thioether (sulfide) groups is 1. The number of halogens is 4. The number of hydrogen-bond donors (Lipinski definition) is 0. The molecule has 1 heterocycles. The fraction of sp³-hybridized carbons (Fsp3) is 0.231. The van der Waals surface area contributed by atoms with Crippen LogP contribution in [0.3, 0.4) is 0 Å². The number of nitriles is 1. The maximum absolute atomic E-state index is 12.4. The van der Waals surface area contributed by atoms with Crippen molar-refractivity contribution >= 4 is 35.0 Å². The molecule has 0 spiro atoms. The Morgan fingerprint density at radius 1 is 1.41 bits per heavy atom. The van der Waals surface area contributed by atoms with Crippen LogP contribution >= 0.6 is 35.0 Å². The minimum absolute atomic E-state index is 0.0681. The summed E-state index contributed by atoms with van der Waals surface area (Å²) in [6.07, 6.45) is 1.80. The van der Waals surface area contributed by atoms with Gasteiger partial charge in [0.25, 0.3) is 0 Å². The lowest BCUT2D eigenvalue weighted by Gasteiger charge is -2.07. The third-order valence-electron chi connectivity index (χ3n) is 2.81. The summed E-state index contributed by atoms with van der Waals surface area (Å²) < 4.78 is 30.3. The van der Waals surface area contributed by atoms with Crippen molar-refractivity contribution in [2.24, 2.45) is 7.05 Å². The van der Waals surface area contributed by atoms with E-state index in [9.17, 15) is 8.78 Å². The highest BCUT2D eigenvalue weighted by molar-refractivity contribution is 7.98. The van der Waals surface area contributed by atoms with E-state index in [1.54, 1.807) is 12.3 Å². The Hall–Kier alpha value is -1.49. The van der Waals surface area contributed by atoms with Crippen molar-refractivity contribution in [2.75, 3.05) is 6.26 Å². The molecule has 2 aromatic rings. The van der Waals surface area contributed by atoms with Crippen molar-refractivity contribution in [1.29, 1.82) is 5.26 Å². The zero-order valence-electron chi connectivity index (χ0n) is 11.4. The van der Waals surface area contributed by atoms with Gasteiger partial charge in [-0.15, -0.1) is 11.8 Å². The average molecular weight is 364 g/mol. The molecule has 0 aliphatic carbocycles. The first-order valence-corrected chi connectivity index (χ1v) is 7.82.